The summed E-state index contributed by atoms with van der Waals surface area (Å²) in [7, 11) is 0. The Kier molecular flexibility index (Phi) is 1.28. The van der Waals surface area contributed by atoms with Crippen molar-refractivity contribution in [2.45, 2.75) is 0 Å². The zero-order chi connectivity index (χ0) is 6.85. The average molecular weight is 126 g/mol. The molecule has 0 bridgehead atoms. The minimum absolute atomic E-state index is 0.104. The van der Waals surface area contributed by atoms with Crippen molar-refractivity contribution in [3.63, 3.8) is 0 Å². The Morgan fingerprint density at radius 2 is 1.89 bits per heavy atom. The fourth-order valence-electron chi connectivity index (χ4n) is 0.572. The summed E-state index contributed by atoms with van der Waals surface area (Å²) in [5, 5.41) is 17.7. The van der Waals surface area contributed by atoms with E-state index in [0.717, 1.165) is 0 Å². The Labute approximate surface area is 52.4 Å². The largest absolute Gasteiger partial charge is 0.508 e. The van der Waals surface area contributed by atoms with Crippen LogP contribution in [0.5, 0.6) is 11.5 Å². The quantitative estimate of drug-likeness (QED) is 0.427. The first kappa shape index (κ1) is 5.91. The molecule has 0 saturated carbocycles. The highest BCUT2D eigenvalue weighted by atomic mass is 16.3. The van der Waals surface area contributed by atoms with Gasteiger partial charge < -0.3 is 15.9 Å². The monoisotopic (exact) mass is 126 g/mol. The molecule has 1 rings (SSSR count). The highest BCUT2D eigenvalue weighted by Crippen LogP contribution is 2.21. The van der Waals surface area contributed by atoms with Gasteiger partial charge in [-0.2, -0.15) is 0 Å². The predicted molar refractivity (Wildman–Crippen MR) is 32.3 cm³/mol. The molecule has 0 aromatic heterocycles. The summed E-state index contributed by atoms with van der Waals surface area (Å²) < 4.78 is 0. The lowest BCUT2D eigenvalue weighted by Gasteiger charge is -1.92. The van der Waals surface area contributed by atoms with Crippen LogP contribution in [0.1, 0.15) is 0 Å². The van der Waals surface area contributed by atoms with Gasteiger partial charge in [0.1, 0.15) is 5.75 Å². The summed E-state index contributed by atoms with van der Waals surface area (Å²) in [6.07, 6.45) is 0. The Hall–Kier alpha value is -1.22. The molecule has 3 heteroatoms. The van der Waals surface area contributed by atoms with Crippen LogP contribution in [-0.4, -0.2) is 10.2 Å². The van der Waals surface area contributed by atoms with Crippen molar-refractivity contribution >= 4 is 5.69 Å². The molecule has 9 heavy (non-hydrogen) atoms. The molecule has 0 heterocycles. The molecule has 0 spiro atoms. The molecule has 0 unspecified atom stereocenters. The standard InChI is InChI=1S/C6H7NO2/c7-5-3-4(8)1-2-6(5)9/h1-3,8-9H,7H2/p+1. The van der Waals surface area contributed by atoms with Crippen molar-refractivity contribution in [2.75, 3.05) is 0 Å². The number of hydrogen-bond donors (Lipinski definition) is 3. The van der Waals surface area contributed by atoms with E-state index in [9.17, 15) is 0 Å². The smallest absolute Gasteiger partial charge is 0.177 e. The summed E-state index contributed by atoms with van der Waals surface area (Å²) in [6, 6.07) is 4.21. The first-order chi connectivity index (χ1) is 4.20. The molecule has 1 aromatic rings. The minimum atomic E-state index is 0.104. The Morgan fingerprint density at radius 3 is 2.33 bits per heavy atom. The molecule has 0 atom stereocenters. The average Bonchev–Trinajstić information content (AvgIpc) is 1.80. The van der Waals surface area contributed by atoms with Crippen LogP contribution >= 0.6 is 0 Å². The molecule has 5 N–H and O–H groups in total. The highest BCUT2D eigenvalue weighted by Gasteiger charge is 1.98. The van der Waals surface area contributed by atoms with E-state index in [1.54, 1.807) is 0 Å². The third kappa shape index (κ3) is 1.12. The summed E-state index contributed by atoms with van der Waals surface area (Å²) >= 11 is 0. The lowest BCUT2D eigenvalue weighted by atomic mass is 10.3. The van der Waals surface area contributed by atoms with E-state index >= 15 is 0 Å². The third-order valence-corrected chi connectivity index (χ3v) is 1.06. The number of aromatic hydroxyl groups is 2. The van der Waals surface area contributed by atoms with Crippen LogP contribution in [-0.2, 0) is 0 Å². The number of quaternary nitrogens is 1. The van der Waals surface area contributed by atoms with E-state index in [1.165, 1.54) is 18.2 Å². The molecule has 0 aliphatic carbocycles. The van der Waals surface area contributed by atoms with Crippen molar-refractivity contribution in [1.82, 2.24) is 0 Å². The van der Waals surface area contributed by atoms with Crippen molar-refractivity contribution in [1.29, 1.82) is 0 Å². The molecule has 48 valence electrons. The van der Waals surface area contributed by atoms with E-state index in [1.807, 2.05) is 0 Å². The summed E-state index contributed by atoms with van der Waals surface area (Å²) in [4.78, 5) is 0. The zero-order valence-electron chi connectivity index (χ0n) is 4.83. The topological polar surface area (TPSA) is 68.1 Å². The third-order valence-electron chi connectivity index (χ3n) is 1.06. The fourth-order valence-corrected chi connectivity index (χ4v) is 0.572. The summed E-state index contributed by atoms with van der Waals surface area (Å²) in [5.41, 5.74) is 3.91. The van der Waals surface area contributed by atoms with E-state index in [2.05, 4.69) is 5.73 Å². The predicted octanol–water partition coefficient (Wildman–Crippen LogP) is -0.0288. The second kappa shape index (κ2) is 1.95. The van der Waals surface area contributed by atoms with Gasteiger partial charge in [-0.3, -0.25) is 0 Å². The van der Waals surface area contributed by atoms with Gasteiger partial charge in [0, 0.05) is 6.07 Å². The first-order valence-corrected chi connectivity index (χ1v) is 2.54. The molecule has 0 radical (unpaired) electrons. The molecule has 0 saturated heterocycles. The van der Waals surface area contributed by atoms with Gasteiger partial charge >= 0.3 is 0 Å². The van der Waals surface area contributed by atoms with Gasteiger partial charge in [0.25, 0.3) is 0 Å². The van der Waals surface area contributed by atoms with Crippen LogP contribution in [0.2, 0.25) is 0 Å². The van der Waals surface area contributed by atoms with E-state index in [0.29, 0.717) is 5.69 Å². The maximum absolute atomic E-state index is 8.87. The van der Waals surface area contributed by atoms with E-state index in [-0.39, 0.29) is 11.5 Å². The van der Waals surface area contributed by atoms with Crippen LogP contribution in [0, 0.1) is 0 Å². The van der Waals surface area contributed by atoms with Crippen LogP contribution in [0.4, 0.5) is 5.69 Å². The number of hydrogen-bond acceptors (Lipinski definition) is 2. The number of rotatable bonds is 0. The minimum Gasteiger partial charge on any atom is -0.508 e. The van der Waals surface area contributed by atoms with Crippen LogP contribution in [0.3, 0.4) is 0 Å². The molecular formula is C6H8NO2+. The Morgan fingerprint density at radius 1 is 1.22 bits per heavy atom. The molecule has 0 fully saturated rings. The molecule has 0 amide bonds. The van der Waals surface area contributed by atoms with Crippen molar-refractivity contribution in [2.24, 2.45) is 0 Å². The van der Waals surface area contributed by atoms with Gasteiger partial charge in [-0.1, -0.05) is 0 Å². The van der Waals surface area contributed by atoms with Crippen molar-refractivity contribution < 1.29 is 15.9 Å². The second-order valence-corrected chi connectivity index (χ2v) is 1.81. The number of phenols is 2. The zero-order valence-corrected chi connectivity index (χ0v) is 4.83. The fraction of sp³-hybridized carbons (Fsp3) is 0. The SMILES string of the molecule is [NH3+]c1cc(O)ccc1O. The van der Waals surface area contributed by atoms with Gasteiger partial charge in [0.15, 0.2) is 11.4 Å². The second-order valence-electron chi connectivity index (χ2n) is 1.81. The number of benzene rings is 1. The van der Waals surface area contributed by atoms with E-state index in [4.69, 9.17) is 10.2 Å². The van der Waals surface area contributed by atoms with E-state index < -0.39 is 0 Å². The van der Waals surface area contributed by atoms with Crippen molar-refractivity contribution in [3.8, 4) is 11.5 Å². The highest BCUT2D eigenvalue weighted by molar-refractivity contribution is 5.47. The Balaban J connectivity index is 3.17. The maximum atomic E-state index is 8.87. The summed E-state index contributed by atoms with van der Waals surface area (Å²) in [6.45, 7) is 0. The molecular weight excluding hydrogens is 118 g/mol. The molecule has 3 nitrogen and oxygen atoms in total. The molecule has 0 aliphatic heterocycles. The van der Waals surface area contributed by atoms with Gasteiger partial charge in [0.2, 0.25) is 0 Å². The molecule has 0 aliphatic rings. The van der Waals surface area contributed by atoms with Gasteiger partial charge in [-0.05, 0) is 12.1 Å². The molecule has 1 aromatic carbocycles. The lowest BCUT2D eigenvalue weighted by Crippen LogP contribution is -2.40. The van der Waals surface area contributed by atoms with Gasteiger partial charge in [0.05, 0.1) is 0 Å². The summed E-state index contributed by atoms with van der Waals surface area (Å²) in [5.74, 6) is 0.227. The Bertz CT molecular complexity index is 222. The van der Waals surface area contributed by atoms with Crippen molar-refractivity contribution in [3.05, 3.63) is 18.2 Å². The van der Waals surface area contributed by atoms with Gasteiger partial charge in [-0.25, -0.2) is 0 Å². The maximum Gasteiger partial charge on any atom is 0.177 e. The van der Waals surface area contributed by atoms with Gasteiger partial charge in [-0.15, -0.1) is 0 Å². The van der Waals surface area contributed by atoms with Crippen LogP contribution in [0.15, 0.2) is 18.2 Å². The normalized spacial score (nSPS) is 9.44. The van der Waals surface area contributed by atoms with Crippen LogP contribution in [0.25, 0.3) is 0 Å². The number of phenolic OH excluding ortho intramolecular Hbond substituents is 2. The first-order valence-electron chi connectivity index (χ1n) is 2.54. The van der Waals surface area contributed by atoms with Crippen LogP contribution < -0.4 is 5.73 Å². The lowest BCUT2D eigenvalue weighted by molar-refractivity contribution is -0.256.